The molecule has 4 atom stereocenters. The van der Waals surface area contributed by atoms with E-state index < -0.39 is 0 Å². The molecule has 0 saturated heterocycles. The predicted octanol–water partition coefficient (Wildman–Crippen LogP) is 2.67. The van der Waals surface area contributed by atoms with Gasteiger partial charge in [0.15, 0.2) is 0 Å². The summed E-state index contributed by atoms with van der Waals surface area (Å²) in [5.41, 5.74) is 2.30. The molecule has 2 rings (SSSR count). The van der Waals surface area contributed by atoms with Crippen LogP contribution in [0.5, 0.6) is 0 Å². The zero-order valence-corrected chi connectivity index (χ0v) is 10.9. The second kappa shape index (κ2) is 4.58. The fraction of sp³-hybridized carbons (Fsp3) is 0.733. The third-order valence-electron chi connectivity index (χ3n) is 5.04. The Morgan fingerprint density at radius 2 is 2.29 bits per heavy atom. The fourth-order valence-corrected chi connectivity index (χ4v) is 3.71. The van der Waals surface area contributed by atoms with Crippen molar-refractivity contribution in [3.05, 3.63) is 23.8 Å². The van der Waals surface area contributed by atoms with E-state index in [1.54, 1.807) is 0 Å². The summed E-state index contributed by atoms with van der Waals surface area (Å²) in [6.45, 7) is 8.40. The van der Waals surface area contributed by atoms with E-state index >= 15 is 0 Å². The van der Waals surface area contributed by atoms with Gasteiger partial charge in [-0.05, 0) is 51.4 Å². The third kappa shape index (κ3) is 1.98. The van der Waals surface area contributed by atoms with Gasteiger partial charge in [-0.2, -0.15) is 0 Å². The molecule has 2 nitrogen and oxygen atoms in total. The number of allylic oxidation sites excluding steroid dienone is 2. The van der Waals surface area contributed by atoms with Crippen LogP contribution in [0.2, 0.25) is 0 Å². The molecule has 0 amide bonds. The summed E-state index contributed by atoms with van der Waals surface area (Å²) < 4.78 is 0. The van der Waals surface area contributed by atoms with Gasteiger partial charge in [0.25, 0.3) is 0 Å². The van der Waals surface area contributed by atoms with Crippen molar-refractivity contribution in [1.82, 2.24) is 0 Å². The van der Waals surface area contributed by atoms with Crippen molar-refractivity contribution in [2.45, 2.75) is 45.6 Å². The van der Waals surface area contributed by atoms with Crippen molar-refractivity contribution >= 4 is 0 Å². The van der Waals surface area contributed by atoms with Crippen LogP contribution in [0.1, 0.15) is 39.5 Å². The molecule has 0 radical (unpaired) electrons. The molecule has 0 spiro atoms. The van der Waals surface area contributed by atoms with E-state index in [0.29, 0.717) is 18.3 Å². The number of hydrogen-bond acceptors (Lipinski definition) is 2. The van der Waals surface area contributed by atoms with Crippen LogP contribution in [0, 0.1) is 17.3 Å². The Balaban J connectivity index is 2.29. The second-order valence-electron chi connectivity index (χ2n) is 5.96. The molecule has 0 aliphatic heterocycles. The number of fused-ring (bicyclic) bond motifs is 1. The summed E-state index contributed by atoms with van der Waals surface area (Å²) in [4.78, 5) is 0. The summed E-state index contributed by atoms with van der Waals surface area (Å²) >= 11 is 0. The minimum absolute atomic E-state index is 0.104. The highest BCUT2D eigenvalue weighted by molar-refractivity contribution is 5.20. The van der Waals surface area contributed by atoms with Crippen LogP contribution in [-0.2, 0) is 0 Å². The first kappa shape index (κ1) is 12.8. The molecule has 0 aromatic rings. The normalized spacial score (nSPS) is 41.6. The fourth-order valence-electron chi connectivity index (χ4n) is 3.71. The number of aliphatic hydroxyl groups is 2. The first-order valence-electron chi connectivity index (χ1n) is 6.62. The van der Waals surface area contributed by atoms with Crippen LogP contribution in [0.3, 0.4) is 0 Å². The van der Waals surface area contributed by atoms with E-state index in [0.717, 1.165) is 19.3 Å². The van der Waals surface area contributed by atoms with Crippen molar-refractivity contribution in [3.63, 3.8) is 0 Å². The van der Waals surface area contributed by atoms with E-state index in [2.05, 4.69) is 26.5 Å². The molecular weight excluding hydrogens is 212 g/mol. The van der Waals surface area contributed by atoms with Gasteiger partial charge in [0.05, 0.1) is 12.7 Å². The zero-order valence-electron chi connectivity index (χ0n) is 10.9. The molecule has 0 bridgehead atoms. The molecule has 0 heterocycles. The topological polar surface area (TPSA) is 40.5 Å². The summed E-state index contributed by atoms with van der Waals surface area (Å²) in [7, 11) is 0. The maximum absolute atomic E-state index is 10.3. The van der Waals surface area contributed by atoms with Gasteiger partial charge in [-0.15, -0.1) is 0 Å². The Hall–Kier alpha value is -0.600. The lowest BCUT2D eigenvalue weighted by Gasteiger charge is -2.51. The minimum Gasteiger partial charge on any atom is -0.396 e. The van der Waals surface area contributed by atoms with Crippen molar-refractivity contribution < 1.29 is 10.2 Å². The highest BCUT2D eigenvalue weighted by atomic mass is 16.3. The molecule has 2 N–H and O–H groups in total. The first-order valence-corrected chi connectivity index (χ1v) is 6.62. The third-order valence-corrected chi connectivity index (χ3v) is 5.04. The van der Waals surface area contributed by atoms with Gasteiger partial charge in [0.2, 0.25) is 0 Å². The molecule has 0 unspecified atom stereocenters. The highest BCUT2D eigenvalue weighted by Crippen LogP contribution is 2.53. The van der Waals surface area contributed by atoms with E-state index in [-0.39, 0.29) is 18.1 Å². The van der Waals surface area contributed by atoms with E-state index in [9.17, 15) is 10.2 Å². The number of rotatable bonds is 2. The Labute approximate surface area is 104 Å². The van der Waals surface area contributed by atoms with Crippen LogP contribution in [-0.4, -0.2) is 22.9 Å². The van der Waals surface area contributed by atoms with Crippen LogP contribution in [0.25, 0.3) is 0 Å². The molecule has 1 saturated carbocycles. The van der Waals surface area contributed by atoms with Gasteiger partial charge in [0, 0.05) is 5.41 Å². The van der Waals surface area contributed by atoms with Gasteiger partial charge >= 0.3 is 0 Å². The number of hydrogen-bond donors (Lipinski definition) is 2. The Bertz CT molecular complexity index is 345. The van der Waals surface area contributed by atoms with E-state index in [1.165, 1.54) is 11.1 Å². The van der Waals surface area contributed by atoms with Gasteiger partial charge < -0.3 is 10.2 Å². The molecule has 2 aliphatic carbocycles. The van der Waals surface area contributed by atoms with Gasteiger partial charge in [0.1, 0.15) is 0 Å². The summed E-state index contributed by atoms with van der Waals surface area (Å²) in [6, 6.07) is 0. The summed E-state index contributed by atoms with van der Waals surface area (Å²) in [5, 5.41) is 20.1. The van der Waals surface area contributed by atoms with Crippen LogP contribution in [0.15, 0.2) is 23.8 Å². The molecular formula is C15H24O2. The van der Waals surface area contributed by atoms with E-state index in [1.807, 2.05) is 0 Å². The van der Waals surface area contributed by atoms with Crippen molar-refractivity contribution in [1.29, 1.82) is 0 Å². The lowest BCUT2D eigenvalue weighted by Crippen LogP contribution is -2.50. The van der Waals surface area contributed by atoms with Crippen molar-refractivity contribution in [3.8, 4) is 0 Å². The maximum Gasteiger partial charge on any atom is 0.0658 e. The number of aliphatic hydroxyl groups excluding tert-OH is 2. The standard InChI is InChI=1S/C15H24O2/c1-10(2)12-6-7-15(9-16)13(8-12)11(3)4-5-14(15)17/h4,12-14,16-17H,1,5-9H2,2-3H3/t12-,13-,14+,15-/m1/s1. The van der Waals surface area contributed by atoms with Crippen LogP contribution >= 0.6 is 0 Å². The van der Waals surface area contributed by atoms with Crippen molar-refractivity contribution in [2.24, 2.45) is 17.3 Å². The largest absolute Gasteiger partial charge is 0.396 e. The minimum atomic E-state index is -0.382. The predicted molar refractivity (Wildman–Crippen MR) is 69.5 cm³/mol. The zero-order chi connectivity index (χ0) is 12.6. The molecule has 0 aromatic heterocycles. The Morgan fingerprint density at radius 1 is 1.59 bits per heavy atom. The smallest absolute Gasteiger partial charge is 0.0658 e. The molecule has 96 valence electrons. The molecule has 2 aliphatic rings. The SMILES string of the molecule is C=C(C)[C@@H]1CC[C@@]2(CO)[C@H](C1)C(C)=CC[C@@H]2O. The van der Waals surface area contributed by atoms with Crippen LogP contribution < -0.4 is 0 Å². The van der Waals surface area contributed by atoms with Crippen LogP contribution in [0.4, 0.5) is 0 Å². The quantitative estimate of drug-likeness (QED) is 0.724. The molecule has 2 heteroatoms. The molecule has 0 aromatic carbocycles. The first-order chi connectivity index (χ1) is 8.01. The average Bonchev–Trinajstić information content (AvgIpc) is 2.33. The lowest BCUT2D eigenvalue weighted by molar-refractivity contribution is -0.0823. The van der Waals surface area contributed by atoms with Gasteiger partial charge in [-0.25, -0.2) is 0 Å². The maximum atomic E-state index is 10.3. The highest BCUT2D eigenvalue weighted by Gasteiger charge is 2.49. The van der Waals surface area contributed by atoms with Gasteiger partial charge in [-0.1, -0.05) is 23.8 Å². The van der Waals surface area contributed by atoms with Gasteiger partial charge in [-0.3, -0.25) is 0 Å². The summed E-state index contributed by atoms with van der Waals surface area (Å²) in [5.74, 6) is 0.875. The second-order valence-corrected chi connectivity index (χ2v) is 5.96. The lowest BCUT2D eigenvalue weighted by atomic mass is 9.55. The summed E-state index contributed by atoms with van der Waals surface area (Å²) in [6.07, 6.45) is 5.46. The van der Waals surface area contributed by atoms with E-state index in [4.69, 9.17) is 0 Å². The Morgan fingerprint density at radius 3 is 2.88 bits per heavy atom. The Kier molecular flexibility index (Phi) is 3.46. The molecule has 17 heavy (non-hydrogen) atoms. The monoisotopic (exact) mass is 236 g/mol. The van der Waals surface area contributed by atoms with Crippen molar-refractivity contribution in [2.75, 3.05) is 6.61 Å². The average molecular weight is 236 g/mol. The molecule has 1 fully saturated rings.